The van der Waals surface area contributed by atoms with Gasteiger partial charge in [-0.05, 0) is 36.2 Å². The highest BCUT2D eigenvalue weighted by Crippen LogP contribution is 2.38. The lowest BCUT2D eigenvalue weighted by Crippen LogP contribution is -2.24. The number of benzene rings is 2. The molecule has 2 aromatic carbocycles. The molecule has 2 rings (SSSR count). The Bertz CT molecular complexity index is 793. The molecule has 0 aliphatic heterocycles. The summed E-state index contributed by atoms with van der Waals surface area (Å²) >= 11 is 0. The number of amides is 2. The third kappa shape index (κ3) is 5.16. The van der Waals surface area contributed by atoms with Crippen LogP contribution in [0.3, 0.4) is 0 Å². The normalized spacial score (nSPS) is 10.1. The predicted molar refractivity (Wildman–Crippen MR) is 106 cm³/mol. The van der Waals surface area contributed by atoms with Gasteiger partial charge >= 0.3 is 0 Å². The zero-order chi connectivity index (χ0) is 20.5. The van der Waals surface area contributed by atoms with E-state index < -0.39 is 0 Å². The van der Waals surface area contributed by atoms with Gasteiger partial charge in [-0.3, -0.25) is 9.59 Å². The second kappa shape index (κ2) is 10.2. The highest BCUT2D eigenvalue weighted by atomic mass is 16.5. The van der Waals surface area contributed by atoms with E-state index in [4.69, 9.17) is 14.2 Å². The van der Waals surface area contributed by atoms with Crippen molar-refractivity contribution in [2.24, 2.45) is 0 Å². The summed E-state index contributed by atoms with van der Waals surface area (Å²) in [6.45, 7) is 2.97. The van der Waals surface area contributed by atoms with Crippen LogP contribution in [0.15, 0.2) is 36.4 Å². The number of carbonyl (C=O) groups excluding carboxylic acids is 2. The third-order valence-corrected chi connectivity index (χ3v) is 4.13. The minimum Gasteiger partial charge on any atom is -0.493 e. The van der Waals surface area contributed by atoms with Gasteiger partial charge < -0.3 is 24.8 Å². The SMILES string of the molecule is CCCNC(=O)c1ccc(CNC(=O)c2cc(OC)c(OC)c(OC)c2)cc1. The van der Waals surface area contributed by atoms with Gasteiger partial charge in [-0.15, -0.1) is 0 Å². The summed E-state index contributed by atoms with van der Waals surface area (Å²) in [7, 11) is 4.50. The van der Waals surface area contributed by atoms with Gasteiger partial charge in [0.1, 0.15) is 0 Å². The van der Waals surface area contributed by atoms with Gasteiger partial charge in [0.15, 0.2) is 11.5 Å². The summed E-state index contributed by atoms with van der Waals surface area (Å²) in [5.41, 5.74) is 1.87. The average Bonchev–Trinajstić information content (AvgIpc) is 2.74. The molecule has 0 heterocycles. The molecule has 0 aliphatic rings. The molecule has 0 saturated heterocycles. The van der Waals surface area contributed by atoms with Crippen LogP contribution in [0.1, 0.15) is 39.6 Å². The fraction of sp³-hybridized carbons (Fsp3) is 0.333. The van der Waals surface area contributed by atoms with Gasteiger partial charge in [0.2, 0.25) is 5.75 Å². The first-order valence-corrected chi connectivity index (χ1v) is 8.99. The van der Waals surface area contributed by atoms with E-state index in [0.717, 1.165) is 12.0 Å². The molecule has 7 nitrogen and oxygen atoms in total. The fourth-order valence-electron chi connectivity index (χ4n) is 2.61. The van der Waals surface area contributed by atoms with Crippen LogP contribution in [-0.4, -0.2) is 39.7 Å². The van der Waals surface area contributed by atoms with E-state index >= 15 is 0 Å². The van der Waals surface area contributed by atoms with Crippen molar-refractivity contribution in [3.63, 3.8) is 0 Å². The lowest BCUT2D eigenvalue weighted by Gasteiger charge is -2.14. The van der Waals surface area contributed by atoms with E-state index in [1.165, 1.54) is 21.3 Å². The number of hydrogen-bond acceptors (Lipinski definition) is 5. The summed E-state index contributed by atoms with van der Waals surface area (Å²) in [4.78, 5) is 24.4. The van der Waals surface area contributed by atoms with Crippen LogP contribution in [0, 0.1) is 0 Å². The van der Waals surface area contributed by atoms with Crippen LogP contribution in [0.2, 0.25) is 0 Å². The van der Waals surface area contributed by atoms with Gasteiger partial charge in [0.05, 0.1) is 21.3 Å². The molecular weight excluding hydrogens is 360 g/mol. The lowest BCUT2D eigenvalue weighted by atomic mass is 10.1. The maximum absolute atomic E-state index is 12.5. The van der Waals surface area contributed by atoms with Crippen molar-refractivity contribution in [3.05, 3.63) is 53.1 Å². The third-order valence-electron chi connectivity index (χ3n) is 4.13. The van der Waals surface area contributed by atoms with E-state index in [1.54, 1.807) is 24.3 Å². The van der Waals surface area contributed by atoms with Crippen molar-refractivity contribution in [1.29, 1.82) is 0 Å². The molecule has 0 saturated carbocycles. The van der Waals surface area contributed by atoms with Gasteiger partial charge in [0, 0.05) is 24.2 Å². The minimum atomic E-state index is -0.274. The zero-order valence-electron chi connectivity index (χ0n) is 16.6. The average molecular weight is 386 g/mol. The predicted octanol–water partition coefficient (Wildman–Crippen LogP) is 2.78. The number of methoxy groups -OCH3 is 3. The number of ether oxygens (including phenoxy) is 3. The smallest absolute Gasteiger partial charge is 0.251 e. The summed E-state index contributed by atoms with van der Waals surface area (Å²) in [6.07, 6.45) is 0.886. The monoisotopic (exact) mass is 386 g/mol. The molecule has 0 radical (unpaired) electrons. The van der Waals surface area contributed by atoms with Crippen molar-refractivity contribution in [2.75, 3.05) is 27.9 Å². The van der Waals surface area contributed by atoms with E-state index in [2.05, 4.69) is 10.6 Å². The molecule has 0 aliphatic carbocycles. The summed E-state index contributed by atoms with van der Waals surface area (Å²) in [5.74, 6) is 0.876. The molecular formula is C21H26N2O5. The van der Waals surface area contributed by atoms with Crippen molar-refractivity contribution in [1.82, 2.24) is 10.6 Å². The van der Waals surface area contributed by atoms with Crippen molar-refractivity contribution < 1.29 is 23.8 Å². The highest BCUT2D eigenvalue weighted by Gasteiger charge is 2.17. The Morgan fingerprint density at radius 2 is 1.39 bits per heavy atom. The Hall–Kier alpha value is -3.22. The van der Waals surface area contributed by atoms with E-state index in [9.17, 15) is 9.59 Å². The van der Waals surface area contributed by atoms with Crippen molar-refractivity contribution >= 4 is 11.8 Å². The standard InChI is InChI=1S/C21H26N2O5/c1-5-10-22-20(24)15-8-6-14(7-9-15)13-23-21(25)16-11-17(26-2)19(28-4)18(12-16)27-3/h6-9,11-12H,5,10,13H2,1-4H3,(H,22,24)(H,23,25). The minimum absolute atomic E-state index is 0.102. The maximum Gasteiger partial charge on any atom is 0.251 e. The highest BCUT2D eigenvalue weighted by molar-refractivity contribution is 5.96. The summed E-state index contributed by atoms with van der Waals surface area (Å²) in [5, 5.41) is 5.68. The second-order valence-corrected chi connectivity index (χ2v) is 6.05. The van der Waals surface area contributed by atoms with Crippen molar-refractivity contribution in [2.45, 2.75) is 19.9 Å². The molecule has 2 aromatic rings. The van der Waals surface area contributed by atoms with E-state index in [1.807, 2.05) is 19.1 Å². The quantitative estimate of drug-likeness (QED) is 0.692. The Labute approximate surface area is 165 Å². The molecule has 150 valence electrons. The van der Waals surface area contributed by atoms with Gasteiger partial charge in [-0.2, -0.15) is 0 Å². The Balaban J connectivity index is 2.05. The Morgan fingerprint density at radius 1 is 0.821 bits per heavy atom. The zero-order valence-corrected chi connectivity index (χ0v) is 16.6. The molecule has 2 amide bonds. The summed E-state index contributed by atoms with van der Waals surface area (Å²) < 4.78 is 15.8. The first-order chi connectivity index (χ1) is 13.5. The first kappa shape index (κ1) is 21.1. The van der Waals surface area contributed by atoms with Crippen LogP contribution in [0.25, 0.3) is 0 Å². The van der Waals surface area contributed by atoms with Crippen LogP contribution in [-0.2, 0) is 6.54 Å². The number of hydrogen-bond donors (Lipinski definition) is 2. The van der Waals surface area contributed by atoms with Gasteiger partial charge in [-0.25, -0.2) is 0 Å². The van der Waals surface area contributed by atoms with E-state index in [0.29, 0.717) is 41.5 Å². The van der Waals surface area contributed by atoms with Crippen molar-refractivity contribution in [3.8, 4) is 17.2 Å². The molecule has 7 heteroatoms. The van der Waals surface area contributed by atoms with E-state index in [-0.39, 0.29) is 11.8 Å². The van der Waals surface area contributed by atoms with Gasteiger partial charge in [-0.1, -0.05) is 19.1 Å². The molecule has 0 fully saturated rings. The number of rotatable bonds is 9. The van der Waals surface area contributed by atoms with Crippen LogP contribution in [0.5, 0.6) is 17.2 Å². The Kier molecular flexibility index (Phi) is 7.68. The molecule has 0 bridgehead atoms. The van der Waals surface area contributed by atoms with Crippen LogP contribution >= 0.6 is 0 Å². The maximum atomic E-state index is 12.5. The summed E-state index contributed by atoms with van der Waals surface area (Å²) in [6, 6.07) is 10.3. The number of nitrogens with one attached hydrogen (secondary N) is 2. The second-order valence-electron chi connectivity index (χ2n) is 6.05. The Morgan fingerprint density at radius 3 is 1.89 bits per heavy atom. The lowest BCUT2D eigenvalue weighted by molar-refractivity contribution is 0.0942. The first-order valence-electron chi connectivity index (χ1n) is 8.99. The van der Waals surface area contributed by atoms with Crippen LogP contribution in [0.4, 0.5) is 0 Å². The number of carbonyl (C=O) groups is 2. The molecule has 0 unspecified atom stereocenters. The molecule has 28 heavy (non-hydrogen) atoms. The largest absolute Gasteiger partial charge is 0.493 e. The fourth-order valence-corrected chi connectivity index (χ4v) is 2.61. The molecule has 0 aromatic heterocycles. The topological polar surface area (TPSA) is 85.9 Å². The molecule has 0 atom stereocenters. The van der Waals surface area contributed by atoms with Crippen LogP contribution < -0.4 is 24.8 Å². The molecule has 0 spiro atoms. The molecule has 2 N–H and O–H groups in total. The van der Waals surface area contributed by atoms with Gasteiger partial charge in [0.25, 0.3) is 11.8 Å².